The van der Waals surface area contributed by atoms with Gasteiger partial charge in [0.05, 0.1) is 43.1 Å². The van der Waals surface area contributed by atoms with Crippen LogP contribution in [0.4, 0.5) is 13.2 Å². The fraction of sp³-hybridized carbons (Fsp3) is 0.682. The molecule has 2 heterocycles. The number of hydrogen-bond acceptors (Lipinski definition) is 3. The van der Waals surface area contributed by atoms with Crippen LogP contribution in [-0.2, 0) is 27.1 Å². The number of rotatable bonds is 4. The first-order chi connectivity index (χ1) is 13.7. The Labute approximate surface area is 169 Å². The van der Waals surface area contributed by atoms with Crippen LogP contribution in [0.3, 0.4) is 0 Å². The van der Waals surface area contributed by atoms with Gasteiger partial charge in [-0.05, 0) is 42.4 Å². The third kappa shape index (κ3) is 4.17. The van der Waals surface area contributed by atoms with E-state index in [0.29, 0.717) is 24.9 Å². The number of nitrogens with zero attached hydrogens (tertiary/aromatic N) is 1. The maximum Gasteiger partial charge on any atom is 0.416 e. The lowest BCUT2D eigenvalue weighted by Gasteiger charge is -2.56. The van der Waals surface area contributed by atoms with Crippen molar-refractivity contribution < 1.29 is 27.4 Å². The van der Waals surface area contributed by atoms with E-state index < -0.39 is 11.7 Å². The lowest BCUT2D eigenvalue weighted by atomic mass is 9.73. The van der Waals surface area contributed by atoms with Crippen molar-refractivity contribution in [3.05, 3.63) is 35.4 Å². The highest BCUT2D eigenvalue weighted by molar-refractivity contribution is 5.78. The van der Waals surface area contributed by atoms with Gasteiger partial charge in [0.15, 0.2) is 0 Å². The van der Waals surface area contributed by atoms with Gasteiger partial charge < -0.3 is 14.4 Å². The molecule has 2 aliphatic heterocycles. The first kappa shape index (κ1) is 20.7. The average Bonchev–Trinajstić information content (AvgIpc) is 2.68. The van der Waals surface area contributed by atoms with Crippen molar-refractivity contribution in [2.75, 3.05) is 6.61 Å². The minimum Gasteiger partial charge on any atom is -0.374 e. The van der Waals surface area contributed by atoms with Crippen LogP contribution in [0.2, 0.25) is 0 Å². The first-order valence-electron chi connectivity index (χ1n) is 10.4. The smallest absolute Gasteiger partial charge is 0.374 e. The maximum atomic E-state index is 12.7. The fourth-order valence-electron chi connectivity index (χ4n) is 5.10. The quantitative estimate of drug-likeness (QED) is 0.737. The molecule has 5 atom stereocenters. The first-order valence-corrected chi connectivity index (χ1v) is 10.4. The highest BCUT2D eigenvalue weighted by atomic mass is 19.4. The molecule has 1 aromatic rings. The van der Waals surface area contributed by atoms with Crippen molar-refractivity contribution >= 4 is 5.91 Å². The van der Waals surface area contributed by atoms with E-state index >= 15 is 0 Å². The molecule has 1 saturated carbocycles. The molecule has 4 nitrogen and oxygen atoms in total. The van der Waals surface area contributed by atoms with E-state index in [1.165, 1.54) is 12.1 Å². The summed E-state index contributed by atoms with van der Waals surface area (Å²) in [6.45, 7) is 5.10. The van der Waals surface area contributed by atoms with Gasteiger partial charge in [-0.1, -0.05) is 26.0 Å². The van der Waals surface area contributed by atoms with Crippen molar-refractivity contribution in [1.29, 1.82) is 0 Å². The van der Waals surface area contributed by atoms with E-state index in [9.17, 15) is 18.0 Å². The van der Waals surface area contributed by atoms with Crippen LogP contribution >= 0.6 is 0 Å². The highest BCUT2D eigenvalue weighted by Gasteiger charge is 2.51. The Balaban J connectivity index is 1.40. The monoisotopic (exact) mass is 411 g/mol. The van der Waals surface area contributed by atoms with Crippen molar-refractivity contribution in [1.82, 2.24) is 4.90 Å². The van der Waals surface area contributed by atoms with E-state index in [4.69, 9.17) is 9.47 Å². The van der Waals surface area contributed by atoms with E-state index in [1.54, 1.807) is 0 Å². The van der Waals surface area contributed by atoms with Crippen molar-refractivity contribution in [3.8, 4) is 0 Å². The van der Waals surface area contributed by atoms with Crippen LogP contribution < -0.4 is 0 Å². The number of alkyl halides is 3. The number of ether oxygens (including phenoxy) is 2. The zero-order chi connectivity index (χ0) is 20.8. The largest absolute Gasteiger partial charge is 0.416 e. The van der Waals surface area contributed by atoms with Crippen LogP contribution in [0.1, 0.15) is 50.7 Å². The number of carbonyl (C=O) groups excluding carboxylic acids is 1. The molecule has 2 saturated heterocycles. The molecule has 3 aliphatic rings. The van der Waals surface area contributed by atoms with Gasteiger partial charge in [0, 0.05) is 12.8 Å². The van der Waals surface area contributed by atoms with E-state index in [-0.39, 0.29) is 36.8 Å². The summed E-state index contributed by atoms with van der Waals surface area (Å²) >= 11 is 0. The van der Waals surface area contributed by atoms with Crippen LogP contribution in [0.15, 0.2) is 24.3 Å². The van der Waals surface area contributed by atoms with Crippen molar-refractivity contribution in [3.63, 3.8) is 0 Å². The van der Waals surface area contributed by atoms with Gasteiger partial charge in [-0.3, -0.25) is 4.79 Å². The topological polar surface area (TPSA) is 38.8 Å². The predicted octanol–water partition coefficient (Wildman–Crippen LogP) is 4.42. The summed E-state index contributed by atoms with van der Waals surface area (Å²) in [7, 11) is 0. The highest BCUT2D eigenvalue weighted by Crippen LogP contribution is 2.43. The summed E-state index contributed by atoms with van der Waals surface area (Å²) in [6.07, 6.45) is -1.35. The molecule has 4 rings (SSSR count). The van der Waals surface area contributed by atoms with E-state index in [2.05, 4.69) is 18.7 Å². The number of piperidine rings is 1. The summed E-state index contributed by atoms with van der Waals surface area (Å²) < 4.78 is 50.4. The van der Waals surface area contributed by atoms with Crippen LogP contribution in [-0.4, -0.2) is 41.7 Å². The SMILES string of the molecule is CC(C)[C@H]1COC2C[C@@H](OCc3ccc(C(F)(F)F)cc3)C[C@H]3CCC(=O)N1C23. The average molecular weight is 411 g/mol. The molecule has 0 bridgehead atoms. The van der Waals surface area contributed by atoms with Gasteiger partial charge in [-0.25, -0.2) is 0 Å². The third-order valence-electron chi connectivity index (χ3n) is 6.64. The second-order valence-corrected chi connectivity index (χ2v) is 8.87. The Morgan fingerprint density at radius 3 is 2.59 bits per heavy atom. The normalized spacial score (nSPS) is 32.4. The number of carbonyl (C=O) groups is 1. The van der Waals surface area contributed by atoms with Gasteiger partial charge in [-0.2, -0.15) is 13.2 Å². The zero-order valence-corrected chi connectivity index (χ0v) is 16.8. The predicted molar refractivity (Wildman–Crippen MR) is 101 cm³/mol. The minimum absolute atomic E-state index is 0.00538. The fourth-order valence-corrected chi connectivity index (χ4v) is 5.10. The van der Waals surface area contributed by atoms with Crippen LogP contribution in [0, 0.1) is 11.8 Å². The summed E-state index contributed by atoms with van der Waals surface area (Å²) in [5.74, 6) is 0.945. The molecule has 3 fully saturated rings. The van der Waals surface area contributed by atoms with Crippen molar-refractivity contribution in [2.45, 2.75) is 76.6 Å². The second kappa shape index (κ2) is 7.91. The maximum absolute atomic E-state index is 12.7. The molecule has 7 heteroatoms. The number of amides is 1. The second-order valence-electron chi connectivity index (χ2n) is 8.87. The third-order valence-corrected chi connectivity index (χ3v) is 6.64. The molecular weight excluding hydrogens is 383 g/mol. The van der Waals surface area contributed by atoms with Crippen molar-refractivity contribution in [2.24, 2.45) is 11.8 Å². The number of benzene rings is 1. The van der Waals surface area contributed by atoms with Gasteiger partial charge in [0.25, 0.3) is 0 Å². The summed E-state index contributed by atoms with van der Waals surface area (Å²) in [5, 5.41) is 0. The lowest BCUT2D eigenvalue weighted by molar-refractivity contribution is -0.193. The van der Waals surface area contributed by atoms with Gasteiger partial charge in [-0.15, -0.1) is 0 Å². The number of halogens is 3. The Bertz CT molecular complexity index is 726. The van der Waals surface area contributed by atoms with E-state index in [0.717, 1.165) is 37.0 Å². The summed E-state index contributed by atoms with van der Waals surface area (Å²) in [4.78, 5) is 14.7. The molecule has 160 valence electrons. The Hall–Kier alpha value is -1.60. The Morgan fingerprint density at radius 1 is 1.21 bits per heavy atom. The van der Waals surface area contributed by atoms with E-state index in [1.807, 2.05) is 0 Å². The molecule has 0 radical (unpaired) electrons. The summed E-state index contributed by atoms with van der Waals surface area (Å²) in [6, 6.07) is 5.40. The Kier molecular flexibility index (Phi) is 5.64. The molecule has 0 aromatic heterocycles. The van der Waals surface area contributed by atoms with Crippen LogP contribution in [0.5, 0.6) is 0 Å². The standard InChI is InChI=1S/C22H28F3NO3/c1-13(2)18-12-29-19-10-17(9-15-5-8-20(27)26(18)21(15)19)28-11-14-3-6-16(7-4-14)22(23,24)25/h3-4,6-7,13,15,17-19,21H,5,8-12H2,1-2H3/t15-,17+,18-,19?,21?/m1/s1. The Morgan fingerprint density at radius 2 is 1.93 bits per heavy atom. The van der Waals surface area contributed by atoms with Gasteiger partial charge >= 0.3 is 6.18 Å². The zero-order valence-electron chi connectivity index (χ0n) is 16.8. The molecule has 2 unspecified atom stereocenters. The summed E-state index contributed by atoms with van der Waals surface area (Å²) in [5.41, 5.74) is 0.0778. The molecule has 0 spiro atoms. The molecule has 1 aromatic carbocycles. The lowest BCUT2D eigenvalue weighted by Crippen LogP contribution is -2.67. The minimum atomic E-state index is -4.33. The molecule has 1 amide bonds. The molecule has 1 aliphatic carbocycles. The molecular formula is C22H28F3NO3. The number of hydrogen-bond donors (Lipinski definition) is 0. The molecule has 0 N–H and O–H groups in total. The molecule has 29 heavy (non-hydrogen) atoms. The van der Waals surface area contributed by atoms with Gasteiger partial charge in [0.2, 0.25) is 5.91 Å². The van der Waals surface area contributed by atoms with Gasteiger partial charge in [0.1, 0.15) is 0 Å². The number of morpholine rings is 1. The van der Waals surface area contributed by atoms with Crippen LogP contribution in [0.25, 0.3) is 0 Å².